The van der Waals surface area contributed by atoms with E-state index < -0.39 is 23.8 Å². The molecule has 0 atom stereocenters. The number of ether oxygens (including phenoxy) is 2. The zero-order chi connectivity index (χ0) is 91.9. The first-order chi connectivity index (χ1) is 61.2. The number of hydroxylamine groups is 2. The fourth-order valence-corrected chi connectivity index (χ4v) is 14.4. The summed E-state index contributed by atoms with van der Waals surface area (Å²) in [4.78, 5) is 172. The van der Waals surface area contributed by atoms with E-state index in [0.29, 0.717) is 119 Å². The van der Waals surface area contributed by atoms with E-state index in [1.807, 2.05) is 177 Å². The molecule has 7 amide bonds. The highest BCUT2D eigenvalue weighted by molar-refractivity contribution is 6.12. The number of amides is 7. The number of carbonyl (C=O) groups is 12. The second-order valence-corrected chi connectivity index (χ2v) is 30.5. The first kappa shape index (κ1) is 91.0. The van der Waals surface area contributed by atoms with E-state index in [-0.39, 0.29) is 72.8 Å². The number of nitrogens with zero attached hydrogens (tertiary/aromatic N) is 11. The summed E-state index contributed by atoms with van der Waals surface area (Å²) in [5, 5.41) is 14.7. The van der Waals surface area contributed by atoms with Crippen molar-refractivity contribution in [3.05, 3.63) is 326 Å². The van der Waals surface area contributed by atoms with Gasteiger partial charge in [0, 0.05) is 141 Å². The minimum absolute atomic E-state index is 0.0379. The Morgan fingerprint density at radius 3 is 0.906 bits per heavy atom. The van der Waals surface area contributed by atoms with Crippen molar-refractivity contribution < 1.29 is 71.8 Å². The Kier molecular flexibility index (Phi) is 28.7. The third kappa shape index (κ3) is 22.4. The summed E-state index contributed by atoms with van der Waals surface area (Å²) < 4.78 is 19.0. The van der Waals surface area contributed by atoms with Gasteiger partial charge in [0.25, 0.3) is 41.4 Å². The number of hydrogen-bond donors (Lipinski definition) is 5. The van der Waals surface area contributed by atoms with Crippen molar-refractivity contribution in [2.45, 2.75) is 122 Å². The Hall–Kier alpha value is -16.2. The molecule has 31 nitrogen and oxygen atoms in total. The highest BCUT2D eigenvalue weighted by Crippen LogP contribution is 2.26. The summed E-state index contributed by atoms with van der Waals surface area (Å²) >= 11 is 0. The summed E-state index contributed by atoms with van der Waals surface area (Å²) in [6.07, 6.45) is 9.56. The molecule has 11 heterocycles. The molecule has 0 aliphatic carbocycles. The summed E-state index contributed by atoms with van der Waals surface area (Å²) in [5.74, 6) is -3.78. The van der Waals surface area contributed by atoms with Crippen LogP contribution in [0.2, 0.25) is 0 Å². The van der Waals surface area contributed by atoms with Gasteiger partial charge in [0.1, 0.15) is 34.0 Å². The summed E-state index contributed by atoms with van der Waals surface area (Å²) in [7, 11) is 1.35. The minimum Gasteiger partial charge on any atom is -0.469 e. The van der Waals surface area contributed by atoms with Crippen LogP contribution in [0.15, 0.2) is 213 Å². The normalized spacial score (nSPS) is 11.4. The molecule has 652 valence electrons. The molecule has 10 aromatic heterocycles. The van der Waals surface area contributed by atoms with Gasteiger partial charge in [-0.05, 0) is 234 Å². The van der Waals surface area contributed by atoms with E-state index in [0.717, 1.165) is 68.1 Å². The highest BCUT2D eigenvalue weighted by Gasteiger charge is 2.33. The zero-order valence-corrected chi connectivity index (χ0v) is 73.0. The fraction of sp³-hybridized carbons (Fsp3) is 0.206. The van der Waals surface area contributed by atoms with Gasteiger partial charge in [0.05, 0.1) is 59.9 Å². The van der Waals surface area contributed by atoms with Crippen molar-refractivity contribution in [1.29, 1.82) is 0 Å². The number of anilines is 5. The average Bonchev–Trinajstić information content (AvgIpc) is 1.67. The number of ketones is 2. The molecule has 0 saturated carbocycles. The number of fused-ring (bicyclic) bond motifs is 5. The van der Waals surface area contributed by atoms with Crippen LogP contribution >= 0.6 is 0 Å². The molecule has 31 heteroatoms. The lowest BCUT2D eigenvalue weighted by Gasteiger charge is -2.13. The van der Waals surface area contributed by atoms with Gasteiger partial charge in [0.15, 0.2) is 5.78 Å². The van der Waals surface area contributed by atoms with Gasteiger partial charge < -0.3 is 62.9 Å². The van der Waals surface area contributed by atoms with Crippen LogP contribution < -0.4 is 26.6 Å². The number of Topliss-reactive ketones (excluding diaryl/α,β-unsaturated/α-hetero) is 2. The van der Waals surface area contributed by atoms with Gasteiger partial charge in [0.2, 0.25) is 0 Å². The smallest absolute Gasteiger partial charge is 0.338 e. The number of nitrogens with one attached hydrogen (secondary N) is 5. The van der Waals surface area contributed by atoms with Gasteiger partial charge >= 0.3 is 17.9 Å². The summed E-state index contributed by atoms with van der Waals surface area (Å²) in [6, 6.07) is 53.2. The molecule has 0 spiro atoms. The van der Waals surface area contributed by atoms with Gasteiger partial charge in [-0.2, -0.15) is 0 Å². The van der Waals surface area contributed by atoms with E-state index in [2.05, 4.69) is 56.2 Å². The Labute approximate surface area is 735 Å². The van der Waals surface area contributed by atoms with Crippen molar-refractivity contribution in [3.8, 4) is 0 Å². The van der Waals surface area contributed by atoms with Gasteiger partial charge in [-0.25, -0.2) is 34.5 Å². The number of aromatic nitrogens is 10. The molecule has 1 aliphatic rings. The Balaban J connectivity index is 0.000000146. The topological polar surface area (TPSA) is 382 Å². The zero-order valence-electron chi connectivity index (χ0n) is 73.0. The second-order valence-electron chi connectivity index (χ2n) is 30.5. The van der Waals surface area contributed by atoms with Gasteiger partial charge in [-0.3, -0.25) is 47.9 Å². The Morgan fingerprint density at radius 1 is 0.344 bits per heavy atom. The lowest BCUT2D eigenvalue weighted by Crippen LogP contribution is -2.32. The lowest BCUT2D eigenvalue weighted by molar-refractivity contribution is -0.197. The van der Waals surface area contributed by atoms with Crippen LogP contribution in [0.1, 0.15) is 180 Å². The molecule has 1 fully saturated rings. The van der Waals surface area contributed by atoms with Gasteiger partial charge in [-0.1, -0.05) is 54.6 Å². The molecule has 16 rings (SSSR count). The number of aryl methyl sites for hydroxylation is 10. The number of esters is 2. The maximum absolute atomic E-state index is 12.8. The lowest BCUT2D eigenvalue weighted by atomic mass is 10.1. The minimum atomic E-state index is -0.736. The predicted octanol–water partition coefficient (Wildman–Crippen LogP) is 15.4. The standard InChI is InChI=1S/C22H20N4O5.2C19H19N3O3.C19H19N3O2.C18H17N3O2/c1-13-10-14(2)25-9-8-17(21(25)23-13)22(30)24-16-5-3-4-15(11-16)12-20(29)31-26-18(27)6-7-19(26)28;1-12-9-13(2)22-8-7-16(18(22)20-12)19(24)21-15-6-4-5-14(10-15)11-17(23)25-3;1-4-25-19(24)14-6-5-7-15(11-14)21-18(23)16-8-9-22-13(3)10-12(2)20-17(16)22;1-12-9-13(2)22-8-7-17(18(22)20-12)19(24)21-16-6-4-5-15(11-16)10-14(3)23;1-11-9-12(2)21-8-7-16(17(21)19-11)18(23)20-15-6-4-5-14(10-15)13(3)22/h3-5,8-11H,6-7,12H2,1-2H3,(H,24,30);4-10H,11H2,1-3H3,(H,21,24);5-11H,4H2,1-3H3,(H,21,23);4-9,11H,10H2,1-3H3,(H,21,24);4-10H,1-3H3,(H,20,23). The van der Waals surface area contributed by atoms with Crippen molar-refractivity contribution in [1.82, 2.24) is 52.0 Å². The van der Waals surface area contributed by atoms with Crippen molar-refractivity contribution in [3.63, 3.8) is 0 Å². The molecule has 1 aliphatic heterocycles. The van der Waals surface area contributed by atoms with Crippen molar-refractivity contribution in [2.24, 2.45) is 0 Å². The molecule has 15 aromatic rings. The first-order valence-corrected chi connectivity index (χ1v) is 40.8. The Morgan fingerprint density at radius 2 is 0.617 bits per heavy atom. The van der Waals surface area contributed by atoms with E-state index in [1.54, 1.807) is 141 Å². The number of benzene rings is 5. The van der Waals surface area contributed by atoms with Crippen LogP contribution in [0.3, 0.4) is 0 Å². The van der Waals surface area contributed by atoms with E-state index in [1.165, 1.54) is 14.0 Å². The maximum atomic E-state index is 12.8. The SMILES string of the molecule is CC(=O)Cc1cccc(NC(=O)c2ccn3c(C)cc(C)nc23)c1.CC(=O)c1cccc(NC(=O)c2ccn3c(C)cc(C)nc23)c1.CCOC(=O)c1cccc(NC(=O)c2ccn3c(C)cc(C)nc23)c1.COC(=O)Cc1cccc(NC(=O)c2ccn3c(C)cc(C)nc23)c1.Cc1cc(C)n2ccc(C(=O)Nc3cccc(CC(=O)ON4C(=O)CCC4=O)c3)c2n1. The largest absolute Gasteiger partial charge is 0.469 e. The van der Waals surface area contributed by atoms with Crippen molar-refractivity contribution >= 4 is 127 Å². The van der Waals surface area contributed by atoms with Crippen LogP contribution in [0, 0.1) is 69.2 Å². The quantitative estimate of drug-likeness (QED) is 0.0269. The van der Waals surface area contributed by atoms with Crippen LogP contribution in [-0.4, -0.2) is 137 Å². The summed E-state index contributed by atoms with van der Waals surface area (Å²) in [6.45, 7) is 24.4. The van der Waals surface area contributed by atoms with Crippen LogP contribution in [0.25, 0.3) is 28.2 Å². The number of rotatable bonds is 20. The van der Waals surface area contributed by atoms with E-state index in [4.69, 9.17) is 9.57 Å². The molecule has 128 heavy (non-hydrogen) atoms. The maximum Gasteiger partial charge on any atom is 0.338 e. The molecule has 5 N–H and O–H groups in total. The van der Waals surface area contributed by atoms with Crippen LogP contribution in [-0.2, 0) is 57.5 Å². The number of imide groups is 1. The Bertz CT molecular complexity index is 6890. The van der Waals surface area contributed by atoms with Crippen LogP contribution in [0.4, 0.5) is 28.4 Å². The van der Waals surface area contributed by atoms with E-state index >= 15 is 0 Å². The monoisotopic (exact) mass is 1720 g/mol. The second kappa shape index (κ2) is 40.4. The third-order valence-corrected chi connectivity index (χ3v) is 20.2. The van der Waals surface area contributed by atoms with Crippen molar-refractivity contribution in [2.75, 3.05) is 40.3 Å². The molecule has 0 radical (unpaired) electrons. The average molecular weight is 1720 g/mol. The molecular weight excluding hydrogens is 1630 g/mol. The third-order valence-electron chi connectivity index (χ3n) is 20.2. The molecule has 0 unspecified atom stereocenters. The molecular formula is C97H94N16O15. The van der Waals surface area contributed by atoms with E-state index in [9.17, 15) is 57.5 Å². The molecule has 1 saturated heterocycles. The fourth-order valence-electron chi connectivity index (χ4n) is 14.4. The predicted molar refractivity (Wildman–Crippen MR) is 482 cm³/mol. The van der Waals surface area contributed by atoms with Gasteiger partial charge in [-0.15, -0.1) is 5.06 Å². The first-order valence-electron chi connectivity index (χ1n) is 40.8. The summed E-state index contributed by atoms with van der Waals surface area (Å²) in [5.41, 5.74) is 20.9. The number of carbonyl (C=O) groups excluding carboxylic acids is 12. The number of methoxy groups -OCH3 is 1. The number of hydrogen-bond acceptors (Lipinski definition) is 20. The molecule has 5 aromatic carbocycles. The highest BCUT2D eigenvalue weighted by atomic mass is 16.7. The van der Waals surface area contributed by atoms with Crippen LogP contribution in [0.5, 0.6) is 0 Å². The molecule has 0 bridgehead atoms.